The van der Waals surface area contributed by atoms with E-state index in [0.717, 1.165) is 11.1 Å². The van der Waals surface area contributed by atoms with Crippen LogP contribution in [-0.4, -0.2) is 27.5 Å². The molecule has 27 heavy (non-hydrogen) atoms. The van der Waals surface area contributed by atoms with Crippen molar-refractivity contribution in [3.63, 3.8) is 0 Å². The lowest BCUT2D eigenvalue weighted by Gasteiger charge is -2.16. The molecule has 0 bridgehead atoms. The third-order valence-electron chi connectivity index (χ3n) is 3.81. The van der Waals surface area contributed by atoms with E-state index in [-0.39, 0.29) is 24.0 Å². The average molecular weight is 430 g/mol. The summed E-state index contributed by atoms with van der Waals surface area (Å²) in [7, 11) is -3.60. The summed E-state index contributed by atoms with van der Waals surface area (Å²) < 4.78 is 26.7. The molecule has 2 rings (SSSR count). The van der Waals surface area contributed by atoms with Crippen LogP contribution < -0.4 is 15.4 Å². The van der Waals surface area contributed by atoms with Gasteiger partial charge in [-0.15, -0.1) is 0 Å². The minimum absolute atomic E-state index is 0.0692. The SMILES string of the molecule is Cc1ccc(S(=O)(=O)NCCNC(=O)NC(C)c2ccc(Cl)cc2Cl)cc1. The summed E-state index contributed by atoms with van der Waals surface area (Å²) in [5, 5.41) is 6.31. The van der Waals surface area contributed by atoms with Gasteiger partial charge in [0.2, 0.25) is 10.0 Å². The molecule has 1 unspecified atom stereocenters. The largest absolute Gasteiger partial charge is 0.337 e. The van der Waals surface area contributed by atoms with Gasteiger partial charge in [-0.3, -0.25) is 0 Å². The van der Waals surface area contributed by atoms with Gasteiger partial charge >= 0.3 is 6.03 Å². The summed E-state index contributed by atoms with van der Waals surface area (Å²) in [6.07, 6.45) is 0. The number of carbonyl (C=O) groups excluding carboxylic acids is 1. The number of aryl methyl sites for hydroxylation is 1. The number of hydrogen-bond donors (Lipinski definition) is 3. The van der Waals surface area contributed by atoms with Crippen LogP contribution >= 0.6 is 23.2 Å². The van der Waals surface area contributed by atoms with Crippen molar-refractivity contribution in [2.45, 2.75) is 24.8 Å². The number of halogens is 2. The van der Waals surface area contributed by atoms with E-state index in [4.69, 9.17) is 23.2 Å². The maximum Gasteiger partial charge on any atom is 0.315 e. The zero-order valence-corrected chi connectivity index (χ0v) is 17.3. The third kappa shape index (κ3) is 6.39. The van der Waals surface area contributed by atoms with Crippen molar-refractivity contribution in [2.24, 2.45) is 0 Å². The number of urea groups is 1. The molecule has 0 aliphatic heterocycles. The number of hydrogen-bond acceptors (Lipinski definition) is 3. The summed E-state index contributed by atoms with van der Waals surface area (Å²) in [6, 6.07) is 10.8. The van der Waals surface area contributed by atoms with Crippen LogP contribution in [-0.2, 0) is 10.0 Å². The number of benzene rings is 2. The summed E-state index contributed by atoms with van der Waals surface area (Å²) in [5.41, 5.74) is 1.71. The summed E-state index contributed by atoms with van der Waals surface area (Å²) in [5.74, 6) is 0. The normalized spacial score (nSPS) is 12.4. The molecule has 2 aromatic rings. The first-order valence-corrected chi connectivity index (χ1v) is 10.5. The van der Waals surface area contributed by atoms with Crippen molar-refractivity contribution in [1.29, 1.82) is 0 Å². The summed E-state index contributed by atoms with van der Waals surface area (Å²) in [6.45, 7) is 3.87. The molecule has 0 saturated heterocycles. The zero-order valence-electron chi connectivity index (χ0n) is 14.9. The van der Waals surface area contributed by atoms with Crippen molar-refractivity contribution in [3.05, 3.63) is 63.6 Å². The first-order chi connectivity index (χ1) is 12.7. The molecular formula is C18H21Cl2N3O3S. The van der Waals surface area contributed by atoms with E-state index in [0.29, 0.717) is 10.0 Å². The van der Waals surface area contributed by atoms with Gasteiger partial charge in [0, 0.05) is 23.1 Å². The molecule has 2 amide bonds. The fourth-order valence-corrected chi connectivity index (χ4v) is 3.94. The van der Waals surface area contributed by atoms with Crippen LogP contribution in [0.15, 0.2) is 47.4 Å². The van der Waals surface area contributed by atoms with Gasteiger partial charge < -0.3 is 10.6 Å². The number of nitrogens with one attached hydrogen (secondary N) is 3. The number of sulfonamides is 1. The van der Waals surface area contributed by atoms with Crippen molar-refractivity contribution in [3.8, 4) is 0 Å². The molecule has 2 aromatic carbocycles. The lowest BCUT2D eigenvalue weighted by Crippen LogP contribution is -2.41. The number of amides is 2. The van der Waals surface area contributed by atoms with Crippen LogP contribution in [0, 0.1) is 6.92 Å². The van der Waals surface area contributed by atoms with Crippen LogP contribution in [0.3, 0.4) is 0 Å². The number of rotatable bonds is 7. The lowest BCUT2D eigenvalue weighted by molar-refractivity contribution is 0.238. The first kappa shape index (κ1) is 21.5. The zero-order chi connectivity index (χ0) is 20.0. The summed E-state index contributed by atoms with van der Waals surface area (Å²) >= 11 is 12.0. The third-order valence-corrected chi connectivity index (χ3v) is 5.85. The van der Waals surface area contributed by atoms with E-state index in [2.05, 4.69) is 15.4 Å². The average Bonchev–Trinajstić information content (AvgIpc) is 2.59. The van der Waals surface area contributed by atoms with Gasteiger partial charge in [-0.25, -0.2) is 17.9 Å². The Morgan fingerprint density at radius 3 is 2.37 bits per heavy atom. The quantitative estimate of drug-likeness (QED) is 0.587. The van der Waals surface area contributed by atoms with Crippen molar-refractivity contribution < 1.29 is 13.2 Å². The highest BCUT2D eigenvalue weighted by Gasteiger charge is 2.14. The van der Waals surface area contributed by atoms with E-state index >= 15 is 0 Å². The predicted octanol–water partition coefficient (Wildman–Crippen LogP) is 3.64. The van der Waals surface area contributed by atoms with E-state index < -0.39 is 16.1 Å². The Balaban J connectivity index is 1.79. The van der Waals surface area contributed by atoms with Gasteiger partial charge in [0.05, 0.1) is 10.9 Å². The van der Waals surface area contributed by atoms with Crippen LogP contribution in [0.1, 0.15) is 24.1 Å². The van der Waals surface area contributed by atoms with Gasteiger partial charge in [-0.2, -0.15) is 0 Å². The second kappa shape index (κ2) is 9.41. The molecule has 0 aromatic heterocycles. The van der Waals surface area contributed by atoms with Crippen LogP contribution in [0.5, 0.6) is 0 Å². The molecule has 0 heterocycles. The minimum atomic E-state index is -3.60. The molecule has 9 heteroatoms. The molecular weight excluding hydrogens is 409 g/mol. The number of carbonyl (C=O) groups is 1. The molecule has 0 aliphatic rings. The highest BCUT2D eigenvalue weighted by molar-refractivity contribution is 7.89. The second-order valence-electron chi connectivity index (χ2n) is 6.00. The first-order valence-electron chi connectivity index (χ1n) is 8.24. The lowest BCUT2D eigenvalue weighted by atomic mass is 10.1. The highest BCUT2D eigenvalue weighted by atomic mass is 35.5. The smallest absolute Gasteiger partial charge is 0.315 e. The van der Waals surface area contributed by atoms with Crippen LogP contribution in [0.25, 0.3) is 0 Å². The summed E-state index contributed by atoms with van der Waals surface area (Å²) in [4.78, 5) is 12.2. The molecule has 3 N–H and O–H groups in total. The fraction of sp³-hybridized carbons (Fsp3) is 0.278. The molecule has 1 atom stereocenters. The molecule has 0 radical (unpaired) electrons. The van der Waals surface area contributed by atoms with Gasteiger partial charge in [0.15, 0.2) is 0 Å². The Bertz CT molecular complexity index is 903. The fourth-order valence-electron chi connectivity index (χ4n) is 2.34. The van der Waals surface area contributed by atoms with Gasteiger partial charge in [-0.1, -0.05) is 47.0 Å². The monoisotopic (exact) mass is 429 g/mol. The Morgan fingerprint density at radius 1 is 1.07 bits per heavy atom. The Kier molecular flexibility index (Phi) is 7.49. The van der Waals surface area contributed by atoms with Crippen LogP contribution in [0.2, 0.25) is 10.0 Å². The maximum atomic E-state index is 12.2. The van der Waals surface area contributed by atoms with E-state index in [1.165, 1.54) is 12.1 Å². The maximum absolute atomic E-state index is 12.2. The van der Waals surface area contributed by atoms with Gasteiger partial charge in [0.25, 0.3) is 0 Å². The highest BCUT2D eigenvalue weighted by Crippen LogP contribution is 2.25. The standard InChI is InChI=1S/C18H21Cl2N3O3S/c1-12-3-6-15(7-4-12)27(25,26)22-10-9-21-18(24)23-13(2)16-8-5-14(19)11-17(16)20/h3-8,11,13,22H,9-10H2,1-2H3,(H2,21,23,24). The van der Waals surface area contributed by atoms with E-state index in [1.54, 1.807) is 37.3 Å². The topological polar surface area (TPSA) is 87.3 Å². The second-order valence-corrected chi connectivity index (χ2v) is 8.61. The van der Waals surface area contributed by atoms with Gasteiger partial charge in [-0.05, 0) is 43.7 Å². The van der Waals surface area contributed by atoms with Gasteiger partial charge in [0.1, 0.15) is 0 Å². The Morgan fingerprint density at radius 2 is 1.74 bits per heavy atom. The molecule has 0 spiro atoms. The minimum Gasteiger partial charge on any atom is -0.337 e. The molecule has 146 valence electrons. The van der Waals surface area contributed by atoms with Crippen molar-refractivity contribution in [2.75, 3.05) is 13.1 Å². The molecule has 0 fully saturated rings. The van der Waals surface area contributed by atoms with E-state index in [9.17, 15) is 13.2 Å². The molecule has 0 saturated carbocycles. The van der Waals surface area contributed by atoms with Crippen molar-refractivity contribution in [1.82, 2.24) is 15.4 Å². The van der Waals surface area contributed by atoms with Crippen LogP contribution in [0.4, 0.5) is 4.79 Å². The Labute approximate surface area is 169 Å². The predicted molar refractivity (Wildman–Crippen MR) is 108 cm³/mol. The van der Waals surface area contributed by atoms with Crippen molar-refractivity contribution >= 4 is 39.3 Å². The Hall–Kier alpha value is -1.80. The molecule has 6 nitrogen and oxygen atoms in total. The van der Waals surface area contributed by atoms with E-state index in [1.807, 2.05) is 6.92 Å². The molecule has 0 aliphatic carbocycles.